The van der Waals surface area contributed by atoms with Gasteiger partial charge in [0.2, 0.25) is 0 Å². The Morgan fingerprint density at radius 2 is 1.66 bits per heavy atom. The summed E-state index contributed by atoms with van der Waals surface area (Å²) in [6.45, 7) is 1.21. The van der Waals surface area contributed by atoms with Crippen LogP contribution in [0.5, 0.6) is 0 Å². The van der Waals surface area contributed by atoms with Gasteiger partial charge in [0.25, 0.3) is 11.6 Å². The standard InChI is InChI=1S/C24H20N2O3/c27-24(25-14-13-19-8-4-5-11-21(19)17-25)23(20-9-2-1-3-10-20)16-18-7-6-12-22(15-18)26(28)29/h1-12,15-16H,13-14,17H2/b23-16+. The molecule has 0 spiro atoms. The van der Waals surface area contributed by atoms with Crippen LogP contribution in [0.2, 0.25) is 0 Å². The van der Waals surface area contributed by atoms with Gasteiger partial charge in [-0.3, -0.25) is 14.9 Å². The Kier molecular flexibility index (Phi) is 5.20. The minimum atomic E-state index is -0.428. The molecule has 0 N–H and O–H groups in total. The van der Waals surface area contributed by atoms with Gasteiger partial charge in [0.1, 0.15) is 0 Å². The second-order valence-corrected chi connectivity index (χ2v) is 7.02. The van der Waals surface area contributed by atoms with Gasteiger partial charge in [-0.1, -0.05) is 66.7 Å². The molecule has 0 saturated heterocycles. The molecule has 0 saturated carbocycles. The zero-order valence-electron chi connectivity index (χ0n) is 15.8. The highest BCUT2D eigenvalue weighted by Gasteiger charge is 2.24. The normalized spacial score (nSPS) is 13.7. The van der Waals surface area contributed by atoms with E-state index in [1.54, 1.807) is 18.2 Å². The van der Waals surface area contributed by atoms with Crippen molar-refractivity contribution in [1.82, 2.24) is 4.90 Å². The van der Waals surface area contributed by atoms with Crippen molar-refractivity contribution in [3.05, 3.63) is 111 Å². The molecule has 0 bridgehead atoms. The summed E-state index contributed by atoms with van der Waals surface area (Å²) in [7, 11) is 0. The maximum Gasteiger partial charge on any atom is 0.270 e. The number of hydrogen-bond donors (Lipinski definition) is 0. The first-order valence-electron chi connectivity index (χ1n) is 9.49. The third-order valence-corrected chi connectivity index (χ3v) is 5.13. The van der Waals surface area contributed by atoms with Crippen LogP contribution in [0.25, 0.3) is 11.6 Å². The molecule has 144 valence electrons. The summed E-state index contributed by atoms with van der Waals surface area (Å²) in [6.07, 6.45) is 2.56. The highest BCUT2D eigenvalue weighted by Crippen LogP contribution is 2.26. The topological polar surface area (TPSA) is 63.4 Å². The molecular formula is C24H20N2O3. The smallest absolute Gasteiger partial charge is 0.270 e. The summed E-state index contributed by atoms with van der Waals surface area (Å²) in [4.78, 5) is 26.0. The minimum Gasteiger partial charge on any atom is -0.334 e. The second kappa shape index (κ2) is 8.10. The molecule has 0 radical (unpaired) electrons. The number of rotatable bonds is 4. The van der Waals surface area contributed by atoms with Gasteiger partial charge in [0.15, 0.2) is 0 Å². The molecule has 5 heteroatoms. The van der Waals surface area contributed by atoms with Crippen molar-refractivity contribution >= 4 is 23.2 Å². The van der Waals surface area contributed by atoms with Crippen LogP contribution in [0.3, 0.4) is 0 Å². The fourth-order valence-electron chi connectivity index (χ4n) is 3.62. The number of carbonyl (C=O) groups is 1. The quantitative estimate of drug-likeness (QED) is 0.283. The molecule has 3 aromatic carbocycles. The lowest BCUT2D eigenvalue weighted by atomic mass is 9.97. The highest BCUT2D eigenvalue weighted by atomic mass is 16.6. The first-order valence-corrected chi connectivity index (χ1v) is 9.49. The molecule has 5 nitrogen and oxygen atoms in total. The molecule has 0 unspecified atom stereocenters. The Labute approximate surface area is 169 Å². The van der Waals surface area contributed by atoms with Gasteiger partial charge in [-0.15, -0.1) is 0 Å². The minimum absolute atomic E-state index is 0.00510. The van der Waals surface area contributed by atoms with E-state index in [1.807, 2.05) is 47.4 Å². The fraction of sp³-hybridized carbons (Fsp3) is 0.125. The van der Waals surface area contributed by atoms with E-state index in [2.05, 4.69) is 12.1 Å². The largest absolute Gasteiger partial charge is 0.334 e. The van der Waals surface area contributed by atoms with Gasteiger partial charge in [0, 0.05) is 30.8 Å². The molecule has 0 fully saturated rings. The monoisotopic (exact) mass is 384 g/mol. The molecule has 29 heavy (non-hydrogen) atoms. The fourth-order valence-corrected chi connectivity index (χ4v) is 3.62. The molecule has 4 rings (SSSR count). The van der Waals surface area contributed by atoms with E-state index in [1.165, 1.54) is 17.7 Å². The highest BCUT2D eigenvalue weighted by molar-refractivity contribution is 6.24. The summed E-state index contributed by atoms with van der Waals surface area (Å²) < 4.78 is 0. The predicted molar refractivity (Wildman–Crippen MR) is 113 cm³/mol. The summed E-state index contributed by atoms with van der Waals surface area (Å²) in [5, 5.41) is 11.1. The number of nitrogens with zero attached hydrogens (tertiary/aromatic N) is 2. The summed E-state index contributed by atoms with van der Waals surface area (Å²) >= 11 is 0. The first-order chi connectivity index (χ1) is 14.1. The van der Waals surface area contributed by atoms with E-state index in [-0.39, 0.29) is 11.6 Å². The van der Waals surface area contributed by atoms with Crippen molar-refractivity contribution in [2.75, 3.05) is 6.54 Å². The van der Waals surface area contributed by atoms with Crippen molar-refractivity contribution in [3.63, 3.8) is 0 Å². The van der Waals surface area contributed by atoms with Gasteiger partial charge in [-0.2, -0.15) is 0 Å². The third kappa shape index (κ3) is 4.09. The maximum atomic E-state index is 13.5. The lowest BCUT2D eigenvalue weighted by molar-refractivity contribution is -0.384. The van der Waals surface area contributed by atoms with Crippen LogP contribution >= 0.6 is 0 Å². The number of carbonyl (C=O) groups excluding carboxylic acids is 1. The number of benzene rings is 3. The van der Waals surface area contributed by atoms with Crippen molar-refractivity contribution in [2.24, 2.45) is 0 Å². The molecule has 1 aliphatic heterocycles. The van der Waals surface area contributed by atoms with Gasteiger partial charge >= 0.3 is 0 Å². The number of nitro benzene ring substituents is 1. The molecule has 0 aromatic heterocycles. The molecule has 0 aliphatic carbocycles. The summed E-state index contributed by atoms with van der Waals surface area (Å²) in [5.74, 6) is -0.0720. The average molecular weight is 384 g/mol. The van der Waals surface area contributed by atoms with Crippen molar-refractivity contribution in [2.45, 2.75) is 13.0 Å². The van der Waals surface area contributed by atoms with E-state index < -0.39 is 4.92 Å². The van der Waals surface area contributed by atoms with Crippen LogP contribution in [-0.4, -0.2) is 22.3 Å². The SMILES string of the molecule is O=C(/C(=C/c1cccc([N+](=O)[O-])c1)c1ccccc1)N1CCc2ccccc2C1. The van der Waals surface area contributed by atoms with Gasteiger partial charge in [-0.05, 0) is 34.8 Å². The number of hydrogen-bond acceptors (Lipinski definition) is 3. The Balaban J connectivity index is 1.71. The Morgan fingerprint density at radius 1 is 0.931 bits per heavy atom. The number of nitro groups is 1. The van der Waals surface area contributed by atoms with Crippen LogP contribution in [0.15, 0.2) is 78.9 Å². The second-order valence-electron chi connectivity index (χ2n) is 7.02. The Morgan fingerprint density at radius 3 is 2.41 bits per heavy atom. The predicted octanol–water partition coefficient (Wildman–Crippen LogP) is 4.72. The molecular weight excluding hydrogens is 364 g/mol. The van der Waals surface area contributed by atoms with Crippen molar-refractivity contribution in [3.8, 4) is 0 Å². The first kappa shape index (κ1) is 18.6. The Hall–Kier alpha value is -3.73. The van der Waals surface area contributed by atoms with Gasteiger partial charge < -0.3 is 4.90 Å². The Bertz CT molecular complexity index is 1090. The van der Waals surface area contributed by atoms with Crippen LogP contribution in [-0.2, 0) is 17.8 Å². The summed E-state index contributed by atoms with van der Waals surface area (Å²) in [6, 6.07) is 24.0. The number of fused-ring (bicyclic) bond motifs is 1. The molecule has 3 aromatic rings. The average Bonchev–Trinajstić information content (AvgIpc) is 2.77. The molecule has 1 aliphatic rings. The van der Waals surface area contributed by atoms with Crippen LogP contribution in [0.4, 0.5) is 5.69 Å². The van der Waals surface area contributed by atoms with Gasteiger partial charge in [-0.25, -0.2) is 0 Å². The van der Waals surface area contributed by atoms with Crippen LogP contribution in [0.1, 0.15) is 22.3 Å². The van der Waals surface area contributed by atoms with Gasteiger partial charge in [0.05, 0.1) is 4.92 Å². The zero-order valence-corrected chi connectivity index (χ0v) is 15.8. The molecule has 1 amide bonds. The maximum absolute atomic E-state index is 13.5. The van der Waals surface area contributed by atoms with Crippen LogP contribution < -0.4 is 0 Å². The molecule has 0 atom stereocenters. The van der Waals surface area contributed by atoms with Crippen molar-refractivity contribution in [1.29, 1.82) is 0 Å². The van der Waals surface area contributed by atoms with Crippen molar-refractivity contribution < 1.29 is 9.72 Å². The lowest BCUT2D eigenvalue weighted by Crippen LogP contribution is -2.36. The van der Waals surface area contributed by atoms with E-state index in [9.17, 15) is 14.9 Å². The van der Waals surface area contributed by atoms with Crippen LogP contribution in [0, 0.1) is 10.1 Å². The third-order valence-electron chi connectivity index (χ3n) is 5.13. The van der Waals surface area contributed by atoms with E-state index >= 15 is 0 Å². The van der Waals surface area contributed by atoms with E-state index in [0.29, 0.717) is 24.2 Å². The lowest BCUT2D eigenvalue weighted by Gasteiger charge is -2.29. The van der Waals surface area contributed by atoms with E-state index in [0.717, 1.165) is 17.5 Å². The summed E-state index contributed by atoms with van der Waals surface area (Å²) in [5.41, 5.74) is 4.40. The number of non-ortho nitro benzene ring substituents is 1. The van der Waals surface area contributed by atoms with E-state index in [4.69, 9.17) is 0 Å². The zero-order chi connectivity index (χ0) is 20.2. The molecule has 1 heterocycles. The number of amides is 1.